The number of Topliss-reactive ketones (excluding diaryl/α,β-unsaturated/α-hetero) is 2. The lowest BCUT2D eigenvalue weighted by molar-refractivity contribution is -0.139. The number of carboxylic acid groups (broad SMARTS) is 1. The highest BCUT2D eigenvalue weighted by atomic mass is 16.5. The molecule has 1 unspecified atom stereocenters. The van der Waals surface area contributed by atoms with Gasteiger partial charge in [-0.3, -0.25) is 14.4 Å². The highest BCUT2D eigenvalue weighted by Crippen LogP contribution is 2.41. The highest BCUT2D eigenvalue weighted by Gasteiger charge is 2.32. The summed E-state index contributed by atoms with van der Waals surface area (Å²) in [5.74, 6) is -3.30. The predicted octanol–water partition coefficient (Wildman–Crippen LogP) is 6.04. The second-order valence-electron chi connectivity index (χ2n) is 9.85. The average molecular weight is 615 g/mol. The van der Waals surface area contributed by atoms with Crippen LogP contribution in [0.2, 0.25) is 0 Å². The monoisotopic (exact) mass is 614 g/mol. The zero-order chi connectivity index (χ0) is 32.3. The molecule has 1 N–H and O–H groups in total. The van der Waals surface area contributed by atoms with E-state index in [2.05, 4.69) is 0 Å². The predicted molar refractivity (Wildman–Crippen MR) is 165 cm³/mol. The second kappa shape index (κ2) is 15.3. The Morgan fingerprint density at radius 1 is 0.600 bits per heavy atom. The number of methoxy groups -OCH3 is 4. The lowest BCUT2D eigenvalue weighted by Crippen LogP contribution is -2.27. The SMILES string of the molecule is COc1cc(C(=O)CC(C(=O)O)C(=O)c2cc(OCc3ccccc3)c(OC)c(OCc3ccccc3)c2)cc(OC)c1OC. The molecule has 10 nitrogen and oxygen atoms in total. The topological polar surface area (TPSA) is 127 Å². The fraction of sp³-hybridized carbons (Fsp3) is 0.229. The molecule has 0 aromatic heterocycles. The molecule has 1 atom stereocenters. The van der Waals surface area contributed by atoms with E-state index in [1.165, 1.54) is 52.7 Å². The van der Waals surface area contributed by atoms with Crippen molar-refractivity contribution in [1.82, 2.24) is 0 Å². The molecule has 234 valence electrons. The molecule has 0 saturated heterocycles. The van der Waals surface area contributed by atoms with Crippen LogP contribution in [-0.2, 0) is 18.0 Å². The Kier molecular flexibility index (Phi) is 11.0. The number of ketones is 2. The van der Waals surface area contributed by atoms with Gasteiger partial charge in [0.15, 0.2) is 34.6 Å². The summed E-state index contributed by atoms with van der Waals surface area (Å²) in [7, 11) is 5.66. The maximum atomic E-state index is 13.8. The molecule has 4 aromatic carbocycles. The summed E-state index contributed by atoms with van der Waals surface area (Å²) >= 11 is 0. The van der Waals surface area contributed by atoms with Crippen molar-refractivity contribution in [2.75, 3.05) is 28.4 Å². The van der Waals surface area contributed by atoms with Crippen LogP contribution in [0.4, 0.5) is 0 Å². The van der Waals surface area contributed by atoms with Crippen LogP contribution in [0.5, 0.6) is 34.5 Å². The van der Waals surface area contributed by atoms with Gasteiger partial charge in [-0.2, -0.15) is 0 Å². The van der Waals surface area contributed by atoms with E-state index in [0.717, 1.165) is 11.1 Å². The van der Waals surface area contributed by atoms with Crippen molar-refractivity contribution in [2.45, 2.75) is 19.6 Å². The minimum atomic E-state index is -1.71. The van der Waals surface area contributed by atoms with E-state index in [0.29, 0.717) is 0 Å². The van der Waals surface area contributed by atoms with Crippen molar-refractivity contribution in [3.8, 4) is 34.5 Å². The number of carbonyl (C=O) groups is 3. The number of carboxylic acids is 1. The molecule has 0 fully saturated rings. The zero-order valence-corrected chi connectivity index (χ0v) is 25.4. The summed E-state index contributed by atoms with van der Waals surface area (Å²) in [4.78, 5) is 39.6. The Balaban J connectivity index is 1.68. The van der Waals surface area contributed by atoms with Gasteiger partial charge in [-0.15, -0.1) is 0 Å². The van der Waals surface area contributed by atoms with Crippen LogP contribution < -0.4 is 28.4 Å². The third kappa shape index (κ3) is 7.91. The third-order valence-electron chi connectivity index (χ3n) is 6.97. The van der Waals surface area contributed by atoms with Crippen molar-refractivity contribution in [3.05, 3.63) is 107 Å². The van der Waals surface area contributed by atoms with E-state index in [4.69, 9.17) is 28.4 Å². The first-order chi connectivity index (χ1) is 21.8. The Hall–Kier alpha value is -5.51. The van der Waals surface area contributed by atoms with Crippen molar-refractivity contribution >= 4 is 17.5 Å². The third-order valence-corrected chi connectivity index (χ3v) is 6.97. The van der Waals surface area contributed by atoms with Crippen LogP contribution in [0.1, 0.15) is 38.3 Å². The van der Waals surface area contributed by atoms with Gasteiger partial charge in [0.1, 0.15) is 19.1 Å². The van der Waals surface area contributed by atoms with Gasteiger partial charge in [0.25, 0.3) is 0 Å². The fourth-order valence-electron chi connectivity index (χ4n) is 4.64. The number of carbonyl (C=O) groups excluding carboxylic acids is 2. The maximum absolute atomic E-state index is 13.8. The number of ether oxygens (including phenoxy) is 6. The minimum Gasteiger partial charge on any atom is -0.493 e. The first-order valence-electron chi connectivity index (χ1n) is 13.9. The van der Waals surface area contributed by atoms with Crippen molar-refractivity contribution in [3.63, 3.8) is 0 Å². The summed E-state index contributed by atoms with van der Waals surface area (Å²) in [6.45, 7) is 0.296. The van der Waals surface area contributed by atoms with Crippen LogP contribution in [0, 0.1) is 5.92 Å². The first-order valence-corrected chi connectivity index (χ1v) is 13.9. The molecule has 4 aromatic rings. The van der Waals surface area contributed by atoms with Crippen LogP contribution >= 0.6 is 0 Å². The molecule has 4 rings (SSSR count). The van der Waals surface area contributed by atoms with Gasteiger partial charge in [0.2, 0.25) is 11.5 Å². The van der Waals surface area contributed by atoms with E-state index >= 15 is 0 Å². The lowest BCUT2D eigenvalue weighted by atomic mass is 9.90. The van der Waals surface area contributed by atoms with Crippen molar-refractivity contribution < 1.29 is 47.9 Å². The summed E-state index contributed by atoms with van der Waals surface area (Å²) in [5.41, 5.74) is 1.80. The number of rotatable bonds is 16. The van der Waals surface area contributed by atoms with Gasteiger partial charge in [0.05, 0.1) is 28.4 Å². The van der Waals surface area contributed by atoms with Crippen LogP contribution in [0.25, 0.3) is 0 Å². The van der Waals surface area contributed by atoms with Gasteiger partial charge >= 0.3 is 5.97 Å². The first kappa shape index (κ1) is 32.4. The molecule has 0 heterocycles. The van der Waals surface area contributed by atoms with Gasteiger partial charge in [-0.05, 0) is 35.4 Å². The molecular formula is C35H34O10. The van der Waals surface area contributed by atoms with Crippen LogP contribution in [-0.4, -0.2) is 51.1 Å². The summed E-state index contributed by atoms with van der Waals surface area (Å²) < 4.78 is 33.7. The molecule has 0 amide bonds. The Morgan fingerprint density at radius 2 is 1.02 bits per heavy atom. The Morgan fingerprint density at radius 3 is 1.42 bits per heavy atom. The standard InChI is InChI=1S/C35H34O10/c1-40-28-15-24(16-29(41-2)33(28)42-3)27(36)19-26(35(38)39)32(37)25-17-30(44-20-22-11-7-5-8-12-22)34(43-4)31(18-25)45-21-23-13-9-6-10-14-23/h5-18,26H,19-21H2,1-4H3,(H,38,39). The van der Waals surface area contributed by atoms with Crippen LogP contribution in [0.15, 0.2) is 84.9 Å². The summed E-state index contributed by atoms with van der Waals surface area (Å²) in [6.07, 6.45) is -0.626. The number of hydrogen-bond acceptors (Lipinski definition) is 9. The van der Waals surface area contributed by atoms with E-state index in [1.807, 2.05) is 60.7 Å². The minimum absolute atomic E-state index is 0.0213. The molecule has 0 aliphatic carbocycles. The summed E-state index contributed by atoms with van der Waals surface area (Å²) in [6, 6.07) is 24.4. The Labute approximate surface area is 261 Å². The van der Waals surface area contributed by atoms with Gasteiger partial charge in [-0.25, -0.2) is 0 Å². The second-order valence-corrected chi connectivity index (χ2v) is 9.85. The van der Waals surface area contributed by atoms with Crippen molar-refractivity contribution in [1.29, 1.82) is 0 Å². The normalized spacial score (nSPS) is 11.2. The number of hydrogen-bond donors (Lipinski definition) is 1. The molecule has 0 bridgehead atoms. The average Bonchev–Trinajstić information content (AvgIpc) is 3.07. The van der Waals surface area contributed by atoms with E-state index in [1.54, 1.807) is 0 Å². The van der Waals surface area contributed by atoms with Gasteiger partial charge in [-0.1, -0.05) is 60.7 Å². The molecule has 0 spiro atoms. The van der Waals surface area contributed by atoms with E-state index in [9.17, 15) is 19.5 Å². The summed E-state index contributed by atoms with van der Waals surface area (Å²) in [5, 5.41) is 10.1. The quantitative estimate of drug-likeness (QED) is 0.118. The van der Waals surface area contributed by atoms with E-state index < -0.39 is 29.9 Å². The Bertz CT molecular complexity index is 1540. The van der Waals surface area contributed by atoms with Crippen LogP contribution in [0.3, 0.4) is 0 Å². The lowest BCUT2D eigenvalue weighted by Gasteiger charge is -2.19. The molecule has 10 heteroatoms. The number of aliphatic carboxylic acids is 1. The molecule has 0 radical (unpaired) electrons. The molecule has 0 aliphatic heterocycles. The van der Waals surface area contributed by atoms with Gasteiger partial charge in [0, 0.05) is 17.5 Å². The largest absolute Gasteiger partial charge is 0.493 e. The van der Waals surface area contributed by atoms with Gasteiger partial charge < -0.3 is 33.5 Å². The molecule has 45 heavy (non-hydrogen) atoms. The van der Waals surface area contributed by atoms with Crippen molar-refractivity contribution in [2.24, 2.45) is 5.92 Å². The molecule has 0 aliphatic rings. The molecular weight excluding hydrogens is 580 g/mol. The maximum Gasteiger partial charge on any atom is 0.314 e. The molecule has 0 saturated carbocycles. The van der Waals surface area contributed by atoms with E-state index in [-0.39, 0.29) is 58.8 Å². The smallest absolute Gasteiger partial charge is 0.314 e. The number of benzene rings is 4. The fourth-order valence-corrected chi connectivity index (χ4v) is 4.64. The highest BCUT2D eigenvalue weighted by molar-refractivity contribution is 6.12. The zero-order valence-electron chi connectivity index (χ0n) is 25.4.